The van der Waals surface area contributed by atoms with E-state index in [2.05, 4.69) is 0 Å². The number of hydrogen-bond donors (Lipinski definition) is 2. The standard InChI is InChI=1S/C12H20O4/c13-7-2-1-5-12(11(14)15)6-8-16-10(12)9-3-4-9/h9-10,13H,1-8H2,(H,14,15). The van der Waals surface area contributed by atoms with Crippen molar-refractivity contribution < 1.29 is 19.7 Å². The van der Waals surface area contributed by atoms with Gasteiger partial charge in [0, 0.05) is 13.2 Å². The molecule has 4 heteroatoms. The molecule has 0 spiro atoms. The van der Waals surface area contributed by atoms with Crippen LogP contribution in [0.25, 0.3) is 0 Å². The highest BCUT2D eigenvalue weighted by atomic mass is 16.5. The number of carboxylic acids is 1. The Morgan fingerprint density at radius 3 is 2.69 bits per heavy atom. The molecule has 2 rings (SSSR count). The zero-order chi connectivity index (χ0) is 11.6. The van der Waals surface area contributed by atoms with E-state index >= 15 is 0 Å². The molecule has 2 fully saturated rings. The highest BCUT2D eigenvalue weighted by Crippen LogP contribution is 2.50. The molecule has 92 valence electrons. The highest BCUT2D eigenvalue weighted by molar-refractivity contribution is 5.76. The van der Waals surface area contributed by atoms with Gasteiger partial charge in [-0.05, 0) is 44.4 Å². The largest absolute Gasteiger partial charge is 0.481 e. The second-order valence-corrected chi connectivity index (χ2v) is 5.02. The van der Waals surface area contributed by atoms with Crippen LogP contribution < -0.4 is 0 Å². The Kier molecular flexibility index (Phi) is 3.50. The normalized spacial score (nSPS) is 34.2. The fraction of sp³-hybridized carbons (Fsp3) is 0.917. The van der Waals surface area contributed by atoms with Gasteiger partial charge >= 0.3 is 5.97 Å². The molecule has 0 amide bonds. The first-order chi connectivity index (χ1) is 7.70. The number of ether oxygens (including phenoxy) is 1. The molecule has 2 atom stereocenters. The third-order valence-electron chi connectivity index (χ3n) is 3.90. The van der Waals surface area contributed by atoms with Crippen LogP contribution >= 0.6 is 0 Å². The fourth-order valence-electron chi connectivity index (χ4n) is 2.81. The summed E-state index contributed by atoms with van der Waals surface area (Å²) in [5.41, 5.74) is -0.670. The average molecular weight is 228 g/mol. The topological polar surface area (TPSA) is 66.8 Å². The van der Waals surface area contributed by atoms with Gasteiger partial charge in [-0.2, -0.15) is 0 Å². The summed E-state index contributed by atoms with van der Waals surface area (Å²) in [6.45, 7) is 0.719. The third kappa shape index (κ3) is 2.09. The van der Waals surface area contributed by atoms with Gasteiger partial charge in [-0.15, -0.1) is 0 Å². The fourth-order valence-corrected chi connectivity index (χ4v) is 2.81. The van der Waals surface area contributed by atoms with E-state index in [-0.39, 0.29) is 12.7 Å². The summed E-state index contributed by atoms with van der Waals surface area (Å²) in [5, 5.41) is 18.2. The van der Waals surface area contributed by atoms with E-state index in [1.165, 1.54) is 0 Å². The minimum absolute atomic E-state index is 0.0799. The number of unbranched alkanes of at least 4 members (excludes halogenated alkanes) is 1. The maximum absolute atomic E-state index is 11.5. The Bertz CT molecular complexity index is 262. The maximum atomic E-state index is 11.5. The SMILES string of the molecule is O=C(O)C1(CCCCO)CCOC1C1CC1. The van der Waals surface area contributed by atoms with Gasteiger partial charge in [0.15, 0.2) is 0 Å². The molecule has 2 aliphatic rings. The van der Waals surface area contributed by atoms with Crippen LogP contribution in [-0.2, 0) is 9.53 Å². The molecule has 0 aromatic heterocycles. The van der Waals surface area contributed by atoms with E-state index in [1.54, 1.807) is 0 Å². The zero-order valence-corrected chi connectivity index (χ0v) is 9.52. The minimum Gasteiger partial charge on any atom is -0.481 e. The van der Waals surface area contributed by atoms with Gasteiger partial charge in [-0.1, -0.05) is 0 Å². The van der Waals surface area contributed by atoms with Crippen molar-refractivity contribution in [2.24, 2.45) is 11.3 Å². The molecule has 2 N–H and O–H groups in total. The summed E-state index contributed by atoms with van der Waals surface area (Å²) in [6, 6.07) is 0. The Morgan fingerprint density at radius 2 is 2.12 bits per heavy atom. The van der Waals surface area contributed by atoms with E-state index in [0.29, 0.717) is 31.8 Å². The first-order valence-corrected chi connectivity index (χ1v) is 6.16. The molecule has 0 aromatic carbocycles. The number of aliphatic carboxylic acids is 1. The van der Waals surface area contributed by atoms with Crippen LogP contribution in [0.15, 0.2) is 0 Å². The number of rotatable bonds is 6. The van der Waals surface area contributed by atoms with Gasteiger partial charge in [0.2, 0.25) is 0 Å². The van der Waals surface area contributed by atoms with E-state index < -0.39 is 11.4 Å². The molecule has 1 aliphatic heterocycles. The van der Waals surface area contributed by atoms with E-state index in [0.717, 1.165) is 19.3 Å². The van der Waals surface area contributed by atoms with Crippen LogP contribution in [0, 0.1) is 11.3 Å². The lowest BCUT2D eigenvalue weighted by Gasteiger charge is -2.29. The van der Waals surface area contributed by atoms with Crippen molar-refractivity contribution in [3.63, 3.8) is 0 Å². The lowest BCUT2D eigenvalue weighted by molar-refractivity contribution is -0.154. The number of aliphatic hydroxyl groups excluding tert-OH is 1. The predicted octanol–water partition coefficient (Wildman–Crippen LogP) is 1.42. The Hall–Kier alpha value is -0.610. The summed E-state index contributed by atoms with van der Waals surface area (Å²) in [7, 11) is 0. The van der Waals surface area contributed by atoms with Crippen molar-refractivity contribution in [2.75, 3.05) is 13.2 Å². The first-order valence-electron chi connectivity index (χ1n) is 6.16. The van der Waals surface area contributed by atoms with Crippen molar-refractivity contribution in [1.29, 1.82) is 0 Å². The van der Waals surface area contributed by atoms with Crippen LogP contribution in [0.3, 0.4) is 0 Å². The van der Waals surface area contributed by atoms with Crippen molar-refractivity contribution in [1.82, 2.24) is 0 Å². The lowest BCUT2D eigenvalue weighted by Crippen LogP contribution is -2.40. The number of carboxylic acid groups (broad SMARTS) is 1. The lowest BCUT2D eigenvalue weighted by atomic mass is 9.75. The van der Waals surface area contributed by atoms with Crippen molar-refractivity contribution in [2.45, 2.75) is 44.6 Å². The summed E-state index contributed by atoms with van der Waals surface area (Å²) in [5.74, 6) is -0.243. The Balaban J connectivity index is 2.04. The van der Waals surface area contributed by atoms with Crippen molar-refractivity contribution in [3.8, 4) is 0 Å². The summed E-state index contributed by atoms with van der Waals surface area (Å²) < 4.78 is 5.64. The number of carbonyl (C=O) groups is 1. The van der Waals surface area contributed by atoms with Gasteiger partial charge < -0.3 is 14.9 Å². The summed E-state index contributed by atoms with van der Waals surface area (Å²) in [6.07, 6.45) is 4.88. The van der Waals surface area contributed by atoms with Gasteiger partial charge in [0.05, 0.1) is 11.5 Å². The van der Waals surface area contributed by atoms with Crippen LogP contribution in [-0.4, -0.2) is 35.5 Å². The first kappa shape index (κ1) is 11.9. The maximum Gasteiger partial charge on any atom is 0.312 e. The quantitative estimate of drug-likeness (QED) is 0.675. The monoisotopic (exact) mass is 228 g/mol. The second-order valence-electron chi connectivity index (χ2n) is 5.02. The molecule has 0 aromatic rings. The van der Waals surface area contributed by atoms with Gasteiger partial charge in [-0.25, -0.2) is 0 Å². The Morgan fingerprint density at radius 1 is 1.38 bits per heavy atom. The smallest absolute Gasteiger partial charge is 0.312 e. The molecular formula is C12H20O4. The molecule has 1 heterocycles. The van der Waals surface area contributed by atoms with Gasteiger partial charge in [0.25, 0.3) is 0 Å². The predicted molar refractivity (Wildman–Crippen MR) is 58.1 cm³/mol. The van der Waals surface area contributed by atoms with E-state index in [1.807, 2.05) is 0 Å². The molecular weight excluding hydrogens is 208 g/mol. The highest BCUT2D eigenvalue weighted by Gasteiger charge is 2.55. The molecule has 0 radical (unpaired) electrons. The van der Waals surface area contributed by atoms with Gasteiger partial charge in [-0.3, -0.25) is 4.79 Å². The molecule has 1 saturated carbocycles. The van der Waals surface area contributed by atoms with Crippen molar-refractivity contribution >= 4 is 5.97 Å². The van der Waals surface area contributed by atoms with Crippen LogP contribution in [0.5, 0.6) is 0 Å². The number of hydrogen-bond acceptors (Lipinski definition) is 3. The van der Waals surface area contributed by atoms with Crippen LogP contribution in [0.4, 0.5) is 0 Å². The van der Waals surface area contributed by atoms with Crippen LogP contribution in [0.2, 0.25) is 0 Å². The van der Waals surface area contributed by atoms with E-state index in [4.69, 9.17) is 9.84 Å². The summed E-state index contributed by atoms with van der Waals surface area (Å²) >= 11 is 0. The zero-order valence-electron chi connectivity index (χ0n) is 9.52. The van der Waals surface area contributed by atoms with E-state index in [9.17, 15) is 9.90 Å². The Labute approximate surface area is 95.6 Å². The molecule has 0 bridgehead atoms. The van der Waals surface area contributed by atoms with Crippen molar-refractivity contribution in [3.05, 3.63) is 0 Å². The molecule has 1 aliphatic carbocycles. The number of aliphatic hydroxyl groups is 1. The average Bonchev–Trinajstić information content (AvgIpc) is 3.00. The second kappa shape index (κ2) is 4.72. The summed E-state index contributed by atoms with van der Waals surface area (Å²) in [4.78, 5) is 11.5. The molecule has 1 saturated heterocycles. The molecule has 16 heavy (non-hydrogen) atoms. The van der Waals surface area contributed by atoms with Gasteiger partial charge in [0.1, 0.15) is 0 Å². The third-order valence-corrected chi connectivity index (χ3v) is 3.90. The minimum atomic E-state index is -0.708. The molecule has 2 unspecified atom stereocenters. The van der Waals surface area contributed by atoms with Crippen LogP contribution in [0.1, 0.15) is 38.5 Å². The molecule has 4 nitrogen and oxygen atoms in total.